The van der Waals surface area contributed by atoms with Crippen LogP contribution in [-0.4, -0.2) is 40.6 Å². The number of rotatable bonds is 6. The number of aromatic nitrogens is 3. The molecule has 160 valence electrons. The van der Waals surface area contributed by atoms with Crippen LogP contribution in [0.1, 0.15) is 19.4 Å². The number of nitrogens with zero attached hydrogens (tertiary/aromatic N) is 3. The van der Waals surface area contributed by atoms with Gasteiger partial charge in [-0.3, -0.25) is 9.67 Å². The van der Waals surface area contributed by atoms with Crippen molar-refractivity contribution < 1.29 is 21.6 Å². The van der Waals surface area contributed by atoms with Gasteiger partial charge >= 0.3 is 6.18 Å². The molecule has 3 aromatic rings. The number of benzene rings is 2. The third-order valence-electron chi connectivity index (χ3n) is 4.54. The first-order chi connectivity index (χ1) is 14.1. The summed E-state index contributed by atoms with van der Waals surface area (Å²) in [6.45, 7) is 4.10. The Kier molecular flexibility index (Phi) is 6.16. The molecule has 0 fully saturated rings. The molecule has 0 aliphatic heterocycles. The SMILES string of the molecule is CCN(CC)S(=O)(=O)c1cccc(-c2n[nH]c(=S)n2-c2cccc(C(F)(F)F)c2)c1. The van der Waals surface area contributed by atoms with Crippen molar-refractivity contribution in [1.29, 1.82) is 0 Å². The van der Waals surface area contributed by atoms with Crippen LogP contribution in [0.2, 0.25) is 0 Å². The number of H-pyrrole nitrogens is 1. The van der Waals surface area contributed by atoms with Crippen LogP contribution in [0.5, 0.6) is 0 Å². The van der Waals surface area contributed by atoms with E-state index < -0.39 is 21.8 Å². The van der Waals surface area contributed by atoms with E-state index in [1.54, 1.807) is 26.0 Å². The Labute approximate surface area is 177 Å². The zero-order valence-corrected chi connectivity index (χ0v) is 17.8. The van der Waals surface area contributed by atoms with Crippen molar-refractivity contribution in [1.82, 2.24) is 19.1 Å². The highest BCUT2D eigenvalue weighted by atomic mass is 32.2. The Bertz CT molecular complexity index is 1210. The molecular formula is C19H19F3N4O2S2. The van der Waals surface area contributed by atoms with Crippen molar-refractivity contribution >= 4 is 22.2 Å². The van der Waals surface area contributed by atoms with E-state index in [1.165, 1.54) is 33.1 Å². The maximum Gasteiger partial charge on any atom is 0.416 e. The molecule has 0 bridgehead atoms. The van der Waals surface area contributed by atoms with Crippen molar-refractivity contribution in [3.63, 3.8) is 0 Å². The van der Waals surface area contributed by atoms with E-state index in [2.05, 4.69) is 10.2 Å². The number of aromatic amines is 1. The number of hydrogen-bond donors (Lipinski definition) is 1. The summed E-state index contributed by atoms with van der Waals surface area (Å²) in [6.07, 6.45) is -4.51. The summed E-state index contributed by atoms with van der Waals surface area (Å²) in [5, 5.41) is 6.69. The molecule has 0 unspecified atom stereocenters. The highest BCUT2D eigenvalue weighted by Crippen LogP contribution is 2.32. The Morgan fingerprint density at radius 2 is 1.77 bits per heavy atom. The zero-order chi connectivity index (χ0) is 22.1. The minimum absolute atomic E-state index is 0.0632. The summed E-state index contributed by atoms with van der Waals surface area (Å²) < 4.78 is 67.8. The van der Waals surface area contributed by atoms with E-state index in [9.17, 15) is 21.6 Å². The Morgan fingerprint density at radius 1 is 1.10 bits per heavy atom. The molecule has 1 aromatic heterocycles. The van der Waals surface area contributed by atoms with Crippen LogP contribution in [0.4, 0.5) is 13.2 Å². The number of sulfonamides is 1. The van der Waals surface area contributed by atoms with Gasteiger partial charge in [0.2, 0.25) is 10.0 Å². The average molecular weight is 457 g/mol. The third-order valence-corrected chi connectivity index (χ3v) is 6.86. The number of halogens is 3. The van der Waals surface area contributed by atoms with Gasteiger partial charge in [0, 0.05) is 18.7 Å². The van der Waals surface area contributed by atoms with Gasteiger partial charge in [-0.05, 0) is 42.5 Å². The molecule has 0 saturated heterocycles. The molecule has 0 amide bonds. The first kappa shape index (κ1) is 22.2. The average Bonchev–Trinajstić information content (AvgIpc) is 3.10. The Balaban J connectivity index is 2.14. The smallest absolute Gasteiger partial charge is 0.268 e. The first-order valence-electron chi connectivity index (χ1n) is 9.05. The molecule has 0 atom stereocenters. The van der Waals surface area contributed by atoms with Crippen LogP contribution >= 0.6 is 12.2 Å². The van der Waals surface area contributed by atoms with Crippen LogP contribution in [-0.2, 0) is 16.2 Å². The largest absolute Gasteiger partial charge is 0.416 e. The zero-order valence-electron chi connectivity index (χ0n) is 16.1. The van der Waals surface area contributed by atoms with E-state index >= 15 is 0 Å². The second-order valence-electron chi connectivity index (χ2n) is 6.35. The molecule has 6 nitrogen and oxygen atoms in total. The van der Waals surface area contributed by atoms with E-state index in [1.807, 2.05) is 0 Å². The van der Waals surface area contributed by atoms with Gasteiger partial charge in [-0.25, -0.2) is 8.42 Å². The topological polar surface area (TPSA) is 71.0 Å². The fourth-order valence-electron chi connectivity index (χ4n) is 3.06. The summed E-state index contributed by atoms with van der Waals surface area (Å²) in [4.78, 5) is 0.0632. The second kappa shape index (κ2) is 8.32. The number of nitrogens with one attached hydrogen (secondary N) is 1. The number of hydrogen-bond acceptors (Lipinski definition) is 4. The van der Waals surface area contributed by atoms with Gasteiger partial charge in [0.1, 0.15) is 0 Å². The highest BCUT2D eigenvalue weighted by Gasteiger charge is 2.31. The van der Waals surface area contributed by atoms with E-state index in [0.717, 1.165) is 12.1 Å². The normalized spacial score (nSPS) is 12.5. The van der Waals surface area contributed by atoms with Gasteiger partial charge in [-0.15, -0.1) is 0 Å². The van der Waals surface area contributed by atoms with E-state index in [-0.39, 0.29) is 21.2 Å². The van der Waals surface area contributed by atoms with Gasteiger partial charge in [0.05, 0.1) is 16.1 Å². The van der Waals surface area contributed by atoms with Crippen molar-refractivity contribution in [3.8, 4) is 17.1 Å². The van der Waals surface area contributed by atoms with Gasteiger partial charge in [0.25, 0.3) is 0 Å². The van der Waals surface area contributed by atoms with Crippen molar-refractivity contribution in [3.05, 3.63) is 58.9 Å². The number of alkyl halides is 3. The van der Waals surface area contributed by atoms with Crippen LogP contribution in [0.3, 0.4) is 0 Å². The standard InChI is InChI=1S/C19H19F3N4O2S2/c1-3-25(4-2)30(27,28)16-10-5-7-13(11-16)17-23-24-18(29)26(17)15-9-6-8-14(12-15)19(20,21)22/h5-12H,3-4H2,1-2H3,(H,24,29). The van der Waals surface area contributed by atoms with E-state index in [0.29, 0.717) is 18.7 Å². The maximum absolute atomic E-state index is 13.1. The molecule has 1 N–H and O–H groups in total. The molecule has 1 heterocycles. The molecule has 0 aliphatic rings. The molecule has 3 rings (SSSR count). The minimum atomic E-state index is -4.51. The molecular weight excluding hydrogens is 437 g/mol. The van der Waals surface area contributed by atoms with Gasteiger partial charge < -0.3 is 0 Å². The van der Waals surface area contributed by atoms with Crippen LogP contribution in [0.15, 0.2) is 53.4 Å². The van der Waals surface area contributed by atoms with Crippen molar-refractivity contribution in [2.24, 2.45) is 0 Å². The van der Waals surface area contributed by atoms with Gasteiger partial charge in [0.15, 0.2) is 10.6 Å². The predicted octanol–water partition coefficient (Wildman–Crippen LogP) is 4.65. The lowest BCUT2D eigenvalue weighted by Crippen LogP contribution is -2.30. The lowest BCUT2D eigenvalue weighted by molar-refractivity contribution is -0.137. The molecule has 0 radical (unpaired) electrons. The fourth-order valence-corrected chi connectivity index (χ4v) is 4.80. The molecule has 0 saturated carbocycles. The lowest BCUT2D eigenvalue weighted by atomic mass is 10.1. The fraction of sp³-hybridized carbons (Fsp3) is 0.263. The monoisotopic (exact) mass is 456 g/mol. The summed E-state index contributed by atoms with van der Waals surface area (Å²) >= 11 is 5.21. The molecule has 11 heteroatoms. The van der Waals surface area contributed by atoms with Gasteiger partial charge in [-0.2, -0.15) is 22.6 Å². The molecule has 0 aliphatic carbocycles. The van der Waals surface area contributed by atoms with Crippen LogP contribution in [0.25, 0.3) is 17.1 Å². The quantitative estimate of drug-likeness (QED) is 0.549. The molecule has 2 aromatic carbocycles. The first-order valence-corrected chi connectivity index (χ1v) is 10.9. The molecule has 30 heavy (non-hydrogen) atoms. The third kappa shape index (κ3) is 4.18. The minimum Gasteiger partial charge on any atom is -0.268 e. The lowest BCUT2D eigenvalue weighted by Gasteiger charge is -2.18. The summed E-state index contributed by atoms with van der Waals surface area (Å²) in [5.74, 6) is 0.205. The van der Waals surface area contributed by atoms with Crippen molar-refractivity contribution in [2.75, 3.05) is 13.1 Å². The molecule has 0 spiro atoms. The summed E-state index contributed by atoms with van der Waals surface area (Å²) in [6, 6.07) is 10.7. The summed E-state index contributed by atoms with van der Waals surface area (Å²) in [5.41, 5.74) is -0.268. The summed E-state index contributed by atoms with van der Waals surface area (Å²) in [7, 11) is -3.72. The highest BCUT2D eigenvalue weighted by molar-refractivity contribution is 7.89. The van der Waals surface area contributed by atoms with Crippen LogP contribution in [0, 0.1) is 4.77 Å². The van der Waals surface area contributed by atoms with Crippen molar-refractivity contribution in [2.45, 2.75) is 24.9 Å². The maximum atomic E-state index is 13.1. The van der Waals surface area contributed by atoms with E-state index in [4.69, 9.17) is 12.2 Å². The Hall–Kier alpha value is -2.50. The predicted molar refractivity (Wildman–Crippen MR) is 109 cm³/mol. The van der Waals surface area contributed by atoms with Crippen LogP contribution < -0.4 is 0 Å². The Morgan fingerprint density at radius 3 is 2.40 bits per heavy atom. The van der Waals surface area contributed by atoms with Gasteiger partial charge in [-0.1, -0.05) is 32.0 Å². The second-order valence-corrected chi connectivity index (χ2v) is 8.68.